The third-order valence-electron chi connectivity index (χ3n) is 2.67. The van der Waals surface area contributed by atoms with Gasteiger partial charge in [-0.2, -0.15) is 0 Å². The number of carbonyl (C=O) groups is 1. The molecule has 1 fully saturated rings. The number of amides is 1. The summed E-state index contributed by atoms with van der Waals surface area (Å²) in [4.78, 5) is 13.6. The van der Waals surface area contributed by atoms with Crippen LogP contribution in [0.15, 0.2) is 0 Å². The molecule has 15 heavy (non-hydrogen) atoms. The molecule has 0 aromatic carbocycles. The molecule has 0 aromatic heterocycles. The Bertz CT molecular complexity index is 223. The Kier molecular flexibility index (Phi) is 4.11. The minimum Gasteiger partial charge on any atom is -0.396 e. The maximum absolute atomic E-state index is 11.7. The summed E-state index contributed by atoms with van der Waals surface area (Å²) in [6.45, 7) is 8.21. The van der Waals surface area contributed by atoms with E-state index in [1.54, 1.807) is 0 Å². The van der Waals surface area contributed by atoms with Gasteiger partial charge in [-0.1, -0.05) is 0 Å². The van der Waals surface area contributed by atoms with Gasteiger partial charge < -0.3 is 15.3 Å². The van der Waals surface area contributed by atoms with Crippen LogP contribution in [-0.4, -0.2) is 47.7 Å². The Morgan fingerprint density at radius 1 is 1.53 bits per heavy atom. The van der Waals surface area contributed by atoms with E-state index in [-0.39, 0.29) is 24.0 Å². The average Bonchev–Trinajstić information content (AvgIpc) is 2.61. The summed E-state index contributed by atoms with van der Waals surface area (Å²) in [6.07, 6.45) is 0.928. The van der Waals surface area contributed by atoms with E-state index < -0.39 is 0 Å². The van der Waals surface area contributed by atoms with Crippen molar-refractivity contribution < 1.29 is 9.90 Å². The molecule has 0 saturated carbocycles. The largest absolute Gasteiger partial charge is 0.396 e. The van der Waals surface area contributed by atoms with Crippen molar-refractivity contribution in [3.63, 3.8) is 0 Å². The number of nitrogens with zero attached hydrogens (tertiary/aromatic N) is 1. The van der Waals surface area contributed by atoms with Crippen LogP contribution in [0.25, 0.3) is 0 Å². The lowest BCUT2D eigenvalue weighted by molar-refractivity contribution is -0.129. The molecule has 4 heteroatoms. The number of hydrogen-bond acceptors (Lipinski definition) is 3. The molecule has 1 unspecified atom stereocenters. The van der Waals surface area contributed by atoms with Crippen LogP contribution in [0.1, 0.15) is 27.2 Å². The van der Waals surface area contributed by atoms with E-state index in [1.165, 1.54) is 0 Å². The average molecular weight is 214 g/mol. The molecule has 1 heterocycles. The number of nitrogens with one attached hydrogen (secondary N) is 1. The number of aliphatic hydroxyl groups is 1. The predicted octanol–water partition coefficient (Wildman–Crippen LogP) is 0.215. The third kappa shape index (κ3) is 4.18. The van der Waals surface area contributed by atoms with Crippen LogP contribution in [-0.2, 0) is 4.79 Å². The second-order valence-electron chi connectivity index (χ2n) is 5.28. The van der Waals surface area contributed by atoms with Crippen molar-refractivity contribution >= 4 is 5.91 Å². The van der Waals surface area contributed by atoms with Gasteiger partial charge in [0.2, 0.25) is 5.91 Å². The first-order valence-electron chi connectivity index (χ1n) is 5.56. The summed E-state index contributed by atoms with van der Waals surface area (Å²) in [7, 11) is 0. The SMILES string of the molecule is CC(C)(C)NCC(=O)N1CCC(CO)C1. The van der Waals surface area contributed by atoms with Crippen molar-refractivity contribution in [2.75, 3.05) is 26.2 Å². The molecule has 1 atom stereocenters. The molecule has 0 aliphatic carbocycles. The van der Waals surface area contributed by atoms with Gasteiger partial charge >= 0.3 is 0 Å². The Morgan fingerprint density at radius 2 is 2.20 bits per heavy atom. The van der Waals surface area contributed by atoms with E-state index >= 15 is 0 Å². The normalized spacial score (nSPS) is 22.1. The Hall–Kier alpha value is -0.610. The van der Waals surface area contributed by atoms with Crippen LogP contribution in [0.3, 0.4) is 0 Å². The smallest absolute Gasteiger partial charge is 0.236 e. The maximum atomic E-state index is 11.7. The van der Waals surface area contributed by atoms with Crippen molar-refractivity contribution in [1.82, 2.24) is 10.2 Å². The fourth-order valence-electron chi connectivity index (χ4n) is 1.66. The lowest BCUT2D eigenvalue weighted by Gasteiger charge is -2.23. The molecule has 4 nitrogen and oxygen atoms in total. The van der Waals surface area contributed by atoms with Gasteiger partial charge in [0.15, 0.2) is 0 Å². The third-order valence-corrected chi connectivity index (χ3v) is 2.67. The molecule has 1 rings (SSSR count). The Morgan fingerprint density at radius 3 is 2.67 bits per heavy atom. The van der Waals surface area contributed by atoms with Crippen LogP contribution in [0.4, 0.5) is 0 Å². The van der Waals surface area contributed by atoms with E-state index in [4.69, 9.17) is 5.11 Å². The molecule has 0 spiro atoms. The van der Waals surface area contributed by atoms with Gasteiger partial charge in [0.1, 0.15) is 0 Å². The fraction of sp³-hybridized carbons (Fsp3) is 0.909. The van der Waals surface area contributed by atoms with Crippen molar-refractivity contribution in [1.29, 1.82) is 0 Å². The van der Waals surface area contributed by atoms with Crippen molar-refractivity contribution in [3.8, 4) is 0 Å². The standard InChI is InChI=1S/C11H22N2O2/c1-11(2,3)12-6-10(15)13-5-4-9(7-13)8-14/h9,12,14H,4-8H2,1-3H3. The zero-order valence-electron chi connectivity index (χ0n) is 9.92. The molecule has 0 radical (unpaired) electrons. The topological polar surface area (TPSA) is 52.6 Å². The van der Waals surface area contributed by atoms with Crippen LogP contribution in [0.5, 0.6) is 0 Å². The zero-order valence-corrected chi connectivity index (χ0v) is 9.92. The molecule has 1 saturated heterocycles. The van der Waals surface area contributed by atoms with E-state index in [0.717, 1.165) is 13.0 Å². The van der Waals surface area contributed by atoms with E-state index in [1.807, 2.05) is 25.7 Å². The molecule has 0 bridgehead atoms. The summed E-state index contributed by atoms with van der Waals surface area (Å²) in [6, 6.07) is 0. The van der Waals surface area contributed by atoms with Crippen molar-refractivity contribution in [3.05, 3.63) is 0 Å². The molecule has 0 aromatic rings. The summed E-state index contributed by atoms with van der Waals surface area (Å²) in [5.41, 5.74) is -0.0221. The predicted molar refractivity (Wildman–Crippen MR) is 59.5 cm³/mol. The lowest BCUT2D eigenvalue weighted by atomic mass is 10.1. The summed E-state index contributed by atoms with van der Waals surface area (Å²) in [5.74, 6) is 0.421. The lowest BCUT2D eigenvalue weighted by Crippen LogP contribution is -2.44. The summed E-state index contributed by atoms with van der Waals surface area (Å²) in [5, 5.41) is 12.1. The molecule has 1 aliphatic rings. The second kappa shape index (κ2) is 4.94. The Labute approximate surface area is 91.6 Å². The number of likely N-dealkylation sites (tertiary alicyclic amines) is 1. The highest BCUT2D eigenvalue weighted by atomic mass is 16.3. The fourth-order valence-corrected chi connectivity index (χ4v) is 1.66. The van der Waals surface area contributed by atoms with E-state index in [0.29, 0.717) is 13.1 Å². The molecular formula is C11H22N2O2. The van der Waals surface area contributed by atoms with Gasteiger partial charge in [-0.25, -0.2) is 0 Å². The van der Waals surface area contributed by atoms with Crippen LogP contribution in [0, 0.1) is 5.92 Å². The second-order valence-corrected chi connectivity index (χ2v) is 5.28. The number of carbonyl (C=O) groups excluding carboxylic acids is 1. The first-order valence-corrected chi connectivity index (χ1v) is 5.56. The number of hydrogen-bond donors (Lipinski definition) is 2. The van der Waals surface area contributed by atoms with Crippen LogP contribution in [0.2, 0.25) is 0 Å². The molecule has 88 valence electrons. The van der Waals surface area contributed by atoms with E-state index in [9.17, 15) is 4.79 Å². The number of aliphatic hydroxyl groups excluding tert-OH is 1. The number of rotatable bonds is 3. The monoisotopic (exact) mass is 214 g/mol. The first kappa shape index (κ1) is 12.5. The van der Waals surface area contributed by atoms with Crippen LogP contribution < -0.4 is 5.32 Å². The zero-order chi connectivity index (χ0) is 11.5. The minimum absolute atomic E-state index is 0.0221. The van der Waals surface area contributed by atoms with Gasteiger partial charge in [0, 0.05) is 31.2 Å². The molecule has 1 amide bonds. The van der Waals surface area contributed by atoms with E-state index in [2.05, 4.69) is 5.32 Å². The van der Waals surface area contributed by atoms with Gasteiger partial charge in [0.05, 0.1) is 6.54 Å². The highest BCUT2D eigenvalue weighted by Crippen LogP contribution is 2.15. The highest BCUT2D eigenvalue weighted by molar-refractivity contribution is 5.78. The van der Waals surface area contributed by atoms with Gasteiger partial charge in [-0.15, -0.1) is 0 Å². The molecule has 1 aliphatic heterocycles. The highest BCUT2D eigenvalue weighted by Gasteiger charge is 2.25. The Balaban J connectivity index is 2.30. The molecular weight excluding hydrogens is 192 g/mol. The van der Waals surface area contributed by atoms with Gasteiger partial charge in [0.25, 0.3) is 0 Å². The molecule has 2 N–H and O–H groups in total. The van der Waals surface area contributed by atoms with Crippen LogP contribution >= 0.6 is 0 Å². The maximum Gasteiger partial charge on any atom is 0.236 e. The quantitative estimate of drug-likeness (QED) is 0.706. The summed E-state index contributed by atoms with van der Waals surface area (Å²) < 4.78 is 0. The minimum atomic E-state index is -0.0221. The van der Waals surface area contributed by atoms with Gasteiger partial charge in [-0.05, 0) is 27.2 Å². The first-order chi connectivity index (χ1) is 6.92. The summed E-state index contributed by atoms with van der Waals surface area (Å²) >= 11 is 0. The van der Waals surface area contributed by atoms with Gasteiger partial charge in [-0.3, -0.25) is 4.79 Å². The van der Waals surface area contributed by atoms with Crippen molar-refractivity contribution in [2.24, 2.45) is 5.92 Å². The van der Waals surface area contributed by atoms with Crippen molar-refractivity contribution in [2.45, 2.75) is 32.7 Å².